The summed E-state index contributed by atoms with van der Waals surface area (Å²) in [7, 11) is 0. The van der Waals surface area contributed by atoms with Crippen molar-refractivity contribution in [2.24, 2.45) is 0 Å². The topological polar surface area (TPSA) is 127 Å². The molecule has 2 unspecified atom stereocenters. The molecule has 2 aromatic carbocycles. The van der Waals surface area contributed by atoms with Crippen LogP contribution in [0.1, 0.15) is 27.6 Å². The molecule has 0 saturated heterocycles. The lowest BCUT2D eigenvalue weighted by molar-refractivity contribution is -0.137. The van der Waals surface area contributed by atoms with Gasteiger partial charge in [0, 0.05) is 47.2 Å². The van der Waals surface area contributed by atoms with E-state index in [1.165, 1.54) is 6.20 Å². The van der Waals surface area contributed by atoms with E-state index in [0.29, 0.717) is 27.5 Å². The maximum Gasteiger partial charge on any atom is 0.308 e. The molecule has 4 aromatic rings. The largest absolute Gasteiger partial charge is 0.611 e. The van der Waals surface area contributed by atoms with Crippen LogP contribution in [0.2, 0.25) is 0 Å². The molecule has 0 fully saturated rings. The number of hydrogen-bond acceptors (Lipinski definition) is 6. The van der Waals surface area contributed by atoms with Gasteiger partial charge in [0.25, 0.3) is 5.91 Å². The van der Waals surface area contributed by atoms with Gasteiger partial charge in [-0.1, -0.05) is 18.2 Å². The highest BCUT2D eigenvalue weighted by molar-refractivity contribution is 7.91. The monoisotopic (exact) mass is 486 g/mol. The van der Waals surface area contributed by atoms with E-state index < -0.39 is 22.4 Å². The first-order valence-electron chi connectivity index (χ1n) is 10.7. The summed E-state index contributed by atoms with van der Waals surface area (Å²) in [5.41, 5.74) is 2.26. The van der Waals surface area contributed by atoms with Gasteiger partial charge in [0.15, 0.2) is 10.1 Å². The number of pyridine rings is 2. The van der Waals surface area contributed by atoms with Crippen molar-refractivity contribution in [1.29, 1.82) is 0 Å². The van der Waals surface area contributed by atoms with Crippen LogP contribution in [0, 0.1) is 0 Å². The van der Waals surface area contributed by atoms with Crippen LogP contribution < -0.4 is 10.6 Å². The molecule has 2 atom stereocenters. The first kappa shape index (κ1) is 23.9. The Hall–Kier alpha value is -4.21. The highest BCUT2D eigenvalue weighted by atomic mass is 32.2. The summed E-state index contributed by atoms with van der Waals surface area (Å²) >= 11 is -1.67. The zero-order valence-electron chi connectivity index (χ0n) is 18.5. The number of aromatic nitrogens is 2. The summed E-state index contributed by atoms with van der Waals surface area (Å²) in [4.78, 5) is 32.8. The van der Waals surface area contributed by atoms with Crippen LogP contribution in [0.3, 0.4) is 0 Å². The van der Waals surface area contributed by atoms with E-state index in [2.05, 4.69) is 20.6 Å². The van der Waals surface area contributed by atoms with E-state index >= 15 is 0 Å². The van der Waals surface area contributed by atoms with Gasteiger partial charge in [0.1, 0.15) is 5.82 Å². The fraction of sp³-hybridized carbons (Fsp3) is 0.0769. The molecular weight excluding hydrogens is 464 g/mol. The smallest absolute Gasteiger partial charge is 0.308 e. The summed E-state index contributed by atoms with van der Waals surface area (Å²) in [6.45, 7) is 0. The van der Waals surface area contributed by atoms with E-state index in [9.17, 15) is 19.2 Å². The molecular formula is C26H22N4O4S. The van der Waals surface area contributed by atoms with Crippen LogP contribution >= 0.6 is 0 Å². The third-order valence-electron chi connectivity index (χ3n) is 5.08. The molecule has 2 aromatic heterocycles. The van der Waals surface area contributed by atoms with Gasteiger partial charge in [0.2, 0.25) is 0 Å². The second-order valence-electron chi connectivity index (χ2n) is 7.57. The molecule has 9 heteroatoms. The van der Waals surface area contributed by atoms with Crippen molar-refractivity contribution in [1.82, 2.24) is 9.97 Å². The first-order valence-corrected chi connectivity index (χ1v) is 11.9. The normalized spacial score (nSPS) is 12.4. The highest BCUT2D eigenvalue weighted by Gasteiger charge is 2.30. The average molecular weight is 487 g/mol. The Morgan fingerprint density at radius 1 is 0.943 bits per heavy atom. The molecule has 0 aliphatic rings. The van der Waals surface area contributed by atoms with Crippen molar-refractivity contribution < 1.29 is 19.2 Å². The number of carboxylic acids is 1. The average Bonchev–Trinajstić information content (AvgIpc) is 2.88. The Balaban J connectivity index is 1.46. The summed E-state index contributed by atoms with van der Waals surface area (Å²) in [6, 6.07) is 22.5. The number of benzene rings is 2. The van der Waals surface area contributed by atoms with Crippen molar-refractivity contribution in [2.75, 3.05) is 10.6 Å². The molecule has 0 aliphatic carbocycles. The molecule has 1 amide bonds. The van der Waals surface area contributed by atoms with Gasteiger partial charge >= 0.3 is 5.97 Å². The molecule has 4 rings (SSSR count). The number of anilines is 3. The number of carboxylic acid groups (broad SMARTS) is 1. The van der Waals surface area contributed by atoms with Gasteiger partial charge in [0.05, 0.1) is 6.42 Å². The third kappa shape index (κ3) is 6.44. The maximum atomic E-state index is 13.3. The van der Waals surface area contributed by atoms with E-state index in [1.54, 1.807) is 73.1 Å². The van der Waals surface area contributed by atoms with Crippen molar-refractivity contribution in [3.8, 4) is 0 Å². The lowest BCUT2D eigenvalue weighted by Gasteiger charge is -2.20. The minimum atomic E-state index is -1.67. The Labute approximate surface area is 205 Å². The van der Waals surface area contributed by atoms with Crippen LogP contribution in [0.15, 0.2) is 102 Å². The molecule has 0 radical (unpaired) electrons. The minimum absolute atomic E-state index is 0.312. The van der Waals surface area contributed by atoms with E-state index in [-0.39, 0.29) is 12.3 Å². The number of carbonyl (C=O) groups excluding carboxylic acids is 1. The fourth-order valence-corrected chi connectivity index (χ4v) is 4.86. The van der Waals surface area contributed by atoms with Gasteiger partial charge in [-0.15, -0.1) is 0 Å². The Morgan fingerprint density at radius 2 is 1.77 bits per heavy atom. The first-order chi connectivity index (χ1) is 17.0. The number of amides is 1. The third-order valence-corrected chi connectivity index (χ3v) is 6.76. The van der Waals surface area contributed by atoms with Crippen molar-refractivity contribution in [3.05, 3.63) is 109 Å². The van der Waals surface area contributed by atoms with Crippen LogP contribution in [-0.2, 0) is 16.0 Å². The molecule has 0 bridgehead atoms. The van der Waals surface area contributed by atoms with Gasteiger partial charge in [-0.3, -0.25) is 14.6 Å². The summed E-state index contributed by atoms with van der Waals surface area (Å²) < 4.78 is 13.3. The van der Waals surface area contributed by atoms with Crippen LogP contribution in [-0.4, -0.2) is 31.5 Å². The van der Waals surface area contributed by atoms with E-state index in [0.717, 1.165) is 5.69 Å². The van der Waals surface area contributed by atoms with Gasteiger partial charge in [-0.05, 0) is 65.8 Å². The fourth-order valence-electron chi connectivity index (χ4n) is 3.40. The molecule has 176 valence electrons. The number of rotatable bonds is 9. The predicted octanol–water partition coefficient (Wildman–Crippen LogP) is 4.80. The lowest BCUT2D eigenvalue weighted by atomic mass is 10.1. The zero-order chi connectivity index (χ0) is 24.6. The number of carbonyl (C=O) groups is 2. The second kappa shape index (κ2) is 11.3. The quantitative estimate of drug-likeness (QED) is 0.290. The van der Waals surface area contributed by atoms with Crippen molar-refractivity contribution >= 4 is 40.2 Å². The number of hydrogen-bond donors (Lipinski definition) is 3. The molecule has 35 heavy (non-hydrogen) atoms. The summed E-state index contributed by atoms with van der Waals surface area (Å²) in [5, 5.41) is 14.5. The van der Waals surface area contributed by atoms with Gasteiger partial charge in [-0.2, -0.15) is 0 Å². The van der Waals surface area contributed by atoms with Crippen LogP contribution in [0.25, 0.3) is 0 Å². The highest BCUT2D eigenvalue weighted by Crippen LogP contribution is 2.32. The molecule has 3 N–H and O–H groups in total. The molecule has 2 heterocycles. The van der Waals surface area contributed by atoms with Crippen molar-refractivity contribution in [3.63, 3.8) is 0 Å². The minimum Gasteiger partial charge on any atom is -0.611 e. The standard InChI is InChI=1S/C26H22N4O4S/c31-25(32)16-23(19-5-4-13-27-17-19)35(34)22-7-3-6-21(15-22)30-26(33)18-9-11-20(12-10-18)29-24-8-1-2-14-28-24/h1-15,17,23H,16H2,(H,28,29)(H,30,33)(H,31,32). The van der Waals surface area contributed by atoms with E-state index in [1.807, 2.05) is 18.2 Å². The predicted molar refractivity (Wildman–Crippen MR) is 134 cm³/mol. The van der Waals surface area contributed by atoms with E-state index in [4.69, 9.17) is 0 Å². The zero-order valence-corrected chi connectivity index (χ0v) is 19.3. The number of aliphatic carboxylic acids is 1. The van der Waals surface area contributed by atoms with Crippen LogP contribution in [0.5, 0.6) is 0 Å². The molecule has 8 nitrogen and oxygen atoms in total. The SMILES string of the molecule is O=C(O)CC(c1cccnc1)[S+]([O-])c1cccc(NC(=O)c2ccc(Nc3ccccn3)cc2)c1. The van der Waals surface area contributed by atoms with Gasteiger partial charge < -0.3 is 20.3 Å². The Morgan fingerprint density at radius 3 is 2.46 bits per heavy atom. The Kier molecular flexibility index (Phi) is 7.71. The number of nitrogens with zero attached hydrogens (tertiary/aromatic N) is 2. The molecule has 0 saturated carbocycles. The number of nitrogens with one attached hydrogen (secondary N) is 2. The second-order valence-corrected chi connectivity index (χ2v) is 9.20. The maximum absolute atomic E-state index is 13.3. The lowest BCUT2D eigenvalue weighted by Crippen LogP contribution is -2.18. The van der Waals surface area contributed by atoms with Crippen LogP contribution in [0.4, 0.5) is 17.2 Å². The summed E-state index contributed by atoms with van der Waals surface area (Å²) in [5.74, 6) is -0.689. The molecule has 0 aliphatic heterocycles. The summed E-state index contributed by atoms with van der Waals surface area (Å²) in [6.07, 6.45) is 4.46. The Bertz CT molecular complexity index is 1290. The molecule has 0 spiro atoms. The van der Waals surface area contributed by atoms with Crippen molar-refractivity contribution in [2.45, 2.75) is 16.6 Å². The van der Waals surface area contributed by atoms with Gasteiger partial charge in [-0.25, -0.2) is 4.98 Å².